The Morgan fingerprint density at radius 3 is 2.76 bits per heavy atom. The summed E-state index contributed by atoms with van der Waals surface area (Å²) in [6, 6.07) is 3.60. The summed E-state index contributed by atoms with van der Waals surface area (Å²) in [7, 11) is 0. The molecule has 2 N–H and O–H groups in total. The standard InChI is InChI=1S/C13H19N3O/c1-10-4-6-16(7-5-10)13(17)8-12-3-2-11(14)9-15-12/h2-3,9-10H,4-8,14H2,1H3. The van der Waals surface area contributed by atoms with Crippen molar-refractivity contribution in [1.82, 2.24) is 9.88 Å². The van der Waals surface area contributed by atoms with Crippen LogP contribution >= 0.6 is 0 Å². The van der Waals surface area contributed by atoms with Crippen LogP contribution in [0.2, 0.25) is 0 Å². The van der Waals surface area contributed by atoms with Crippen LogP contribution in [0.3, 0.4) is 0 Å². The van der Waals surface area contributed by atoms with Gasteiger partial charge < -0.3 is 10.6 Å². The van der Waals surface area contributed by atoms with E-state index in [1.165, 1.54) is 0 Å². The maximum Gasteiger partial charge on any atom is 0.228 e. The largest absolute Gasteiger partial charge is 0.397 e. The SMILES string of the molecule is CC1CCN(C(=O)Cc2ccc(N)cn2)CC1. The number of nitrogens with two attached hydrogens (primary N) is 1. The van der Waals surface area contributed by atoms with Crippen LogP contribution in [0.15, 0.2) is 18.3 Å². The third kappa shape index (κ3) is 3.19. The number of aromatic nitrogens is 1. The van der Waals surface area contributed by atoms with E-state index < -0.39 is 0 Å². The normalized spacial score (nSPS) is 17.1. The summed E-state index contributed by atoms with van der Waals surface area (Å²) in [4.78, 5) is 18.1. The van der Waals surface area contributed by atoms with Gasteiger partial charge in [0.1, 0.15) is 0 Å². The van der Waals surface area contributed by atoms with E-state index in [1.807, 2.05) is 11.0 Å². The van der Waals surface area contributed by atoms with Crippen LogP contribution in [0.5, 0.6) is 0 Å². The van der Waals surface area contributed by atoms with Crippen molar-refractivity contribution in [2.24, 2.45) is 5.92 Å². The topological polar surface area (TPSA) is 59.2 Å². The van der Waals surface area contributed by atoms with Crippen LogP contribution in [0.1, 0.15) is 25.5 Å². The predicted octanol–water partition coefficient (Wildman–Crippen LogP) is 1.46. The van der Waals surface area contributed by atoms with Gasteiger partial charge in [0.25, 0.3) is 0 Å². The van der Waals surface area contributed by atoms with Gasteiger partial charge in [0.15, 0.2) is 0 Å². The molecule has 0 bridgehead atoms. The first-order chi connectivity index (χ1) is 8.15. The average Bonchev–Trinajstić information content (AvgIpc) is 2.33. The number of carbonyl (C=O) groups is 1. The lowest BCUT2D eigenvalue weighted by molar-refractivity contribution is -0.131. The van der Waals surface area contributed by atoms with Crippen molar-refractivity contribution in [3.05, 3.63) is 24.0 Å². The molecule has 0 unspecified atom stereocenters. The number of hydrogen-bond acceptors (Lipinski definition) is 3. The smallest absolute Gasteiger partial charge is 0.228 e. The molecule has 2 heterocycles. The number of hydrogen-bond donors (Lipinski definition) is 1. The summed E-state index contributed by atoms with van der Waals surface area (Å²) in [5, 5.41) is 0. The first-order valence-corrected chi connectivity index (χ1v) is 6.13. The fourth-order valence-electron chi connectivity index (χ4n) is 2.07. The van der Waals surface area contributed by atoms with E-state index in [2.05, 4.69) is 11.9 Å². The van der Waals surface area contributed by atoms with Crippen LogP contribution in [-0.4, -0.2) is 28.9 Å². The zero-order valence-corrected chi connectivity index (χ0v) is 10.2. The number of nitrogens with zero attached hydrogens (tertiary/aromatic N) is 2. The van der Waals surface area contributed by atoms with E-state index in [1.54, 1.807) is 12.3 Å². The Bertz CT molecular complexity index is 380. The minimum absolute atomic E-state index is 0.175. The quantitative estimate of drug-likeness (QED) is 0.841. The molecule has 0 aromatic carbocycles. The summed E-state index contributed by atoms with van der Waals surface area (Å²) >= 11 is 0. The molecule has 1 saturated heterocycles. The van der Waals surface area contributed by atoms with Crippen molar-refractivity contribution in [3.63, 3.8) is 0 Å². The molecule has 4 nitrogen and oxygen atoms in total. The fraction of sp³-hybridized carbons (Fsp3) is 0.538. The van der Waals surface area contributed by atoms with Gasteiger partial charge in [-0.05, 0) is 30.9 Å². The zero-order chi connectivity index (χ0) is 12.3. The van der Waals surface area contributed by atoms with Crippen LogP contribution in [-0.2, 0) is 11.2 Å². The number of rotatable bonds is 2. The van der Waals surface area contributed by atoms with Gasteiger partial charge in [-0.2, -0.15) is 0 Å². The summed E-state index contributed by atoms with van der Waals surface area (Å²) in [6.45, 7) is 4.01. The molecule has 2 rings (SSSR count). The molecule has 17 heavy (non-hydrogen) atoms. The maximum atomic E-state index is 12.0. The second-order valence-electron chi connectivity index (χ2n) is 4.82. The highest BCUT2D eigenvalue weighted by Gasteiger charge is 2.20. The van der Waals surface area contributed by atoms with Crippen molar-refractivity contribution in [2.75, 3.05) is 18.8 Å². The molecule has 1 fully saturated rings. The molecular formula is C13H19N3O. The molecule has 0 saturated carbocycles. The van der Waals surface area contributed by atoms with Gasteiger partial charge in [0, 0.05) is 18.8 Å². The number of piperidine rings is 1. The highest BCUT2D eigenvalue weighted by atomic mass is 16.2. The van der Waals surface area contributed by atoms with Crippen molar-refractivity contribution >= 4 is 11.6 Å². The second-order valence-corrected chi connectivity index (χ2v) is 4.82. The third-order valence-electron chi connectivity index (χ3n) is 3.32. The van der Waals surface area contributed by atoms with E-state index in [9.17, 15) is 4.79 Å². The monoisotopic (exact) mass is 233 g/mol. The lowest BCUT2D eigenvalue weighted by Crippen LogP contribution is -2.38. The lowest BCUT2D eigenvalue weighted by Gasteiger charge is -2.30. The predicted molar refractivity (Wildman–Crippen MR) is 67.3 cm³/mol. The Morgan fingerprint density at radius 1 is 1.47 bits per heavy atom. The molecule has 0 aliphatic carbocycles. The summed E-state index contributed by atoms with van der Waals surface area (Å²) in [6.07, 6.45) is 4.21. The van der Waals surface area contributed by atoms with Gasteiger partial charge in [-0.15, -0.1) is 0 Å². The first-order valence-electron chi connectivity index (χ1n) is 6.13. The Kier molecular flexibility index (Phi) is 3.61. The molecule has 1 aromatic rings. The molecule has 1 aliphatic heterocycles. The van der Waals surface area contributed by atoms with Gasteiger partial charge in [0.05, 0.1) is 18.3 Å². The van der Waals surface area contributed by atoms with Crippen LogP contribution < -0.4 is 5.73 Å². The molecule has 0 radical (unpaired) electrons. The molecule has 0 atom stereocenters. The van der Waals surface area contributed by atoms with Crippen LogP contribution in [0.4, 0.5) is 5.69 Å². The van der Waals surface area contributed by atoms with E-state index in [-0.39, 0.29) is 5.91 Å². The molecule has 1 aliphatic rings. The maximum absolute atomic E-state index is 12.0. The molecule has 4 heteroatoms. The van der Waals surface area contributed by atoms with E-state index in [0.717, 1.165) is 37.5 Å². The molecular weight excluding hydrogens is 214 g/mol. The Morgan fingerprint density at radius 2 is 2.18 bits per heavy atom. The van der Waals surface area contributed by atoms with Crippen molar-refractivity contribution < 1.29 is 4.79 Å². The van der Waals surface area contributed by atoms with Crippen LogP contribution in [0, 0.1) is 5.92 Å². The number of amides is 1. The Hall–Kier alpha value is -1.58. The van der Waals surface area contributed by atoms with Gasteiger partial charge in [-0.1, -0.05) is 6.92 Å². The summed E-state index contributed by atoms with van der Waals surface area (Å²) < 4.78 is 0. The van der Waals surface area contributed by atoms with Gasteiger partial charge in [-0.25, -0.2) is 0 Å². The minimum Gasteiger partial charge on any atom is -0.397 e. The fourth-order valence-corrected chi connectivity index (χ4v) is 2.07. The Labute approximate surface area is 102 Å². The molecule has 1 amide bonds. The van der Waals surface area contributed by atoms with E-state index in [0.29, 0.717) is 12.1 Å². The first kappa shape index (κ1) is 11.9. The van der Waals surface area contributed by atoms with Gasteiger partial charge >= 0.3 is 0 Å². The third-order valence-corrected chi connectivity index (χ3v) is 3.32. The van der Waals surface area contributed by atoms with Crippen molar-refractivity contribution in [3.8, 4) is 0 Å². The second kappa shape index (κ2) is 5.17. The number of likely N-dealkylation sites (tertiary alicyclic amines) is 1. The van der Waals surface area contributed by atoms with Gasteiger partial charge in [-0.3, -0.25) is 9.78 Å². The molecule has 92 valence electrons. The van der Waals surface area contributed by atoms with Crippen molar-refractivity contribution in [1.29, 1.82) is 0 Å². The molecule has 0 spiro atoms. The van der Waals surface area contributed by atoms with E-state index >= 15 is 0 Å². The lowest BCUT2D eigenvalue weighted by atomic mass is 9.99. The molecule has 1 aromatic heterocycles. The number of nitrogen functional groups attached to an aromatic ring is 1. The Balaban J connectivity index is 1.90. The van der Waals surface area contributed by atoms with Crippen molar-refractivity contribution in [2.45, 2.75) is 26.2 Å². The highest BCUT2D eigenvalue weighted by molar-refractivity contribution is 5.78. The minimum atomic E-state index is 0.175. The highest BCUT2D eigenvalue weighted by Crippen LogP contribution is 2.16. The zero-order valence-electron chi connectivity index (χ0n) is 10.2. The van der Waals surface area contributed by atoms with Gasteiger partial charge in [0.2, 0.25) is 5.91 Å². The number of anilines is 1. The number of pyridine rings is 1. The summed E-state index contributed by atoms with van der Waals surface area (Å²) in [5.41, 5.74) is 6.98. The average molecular weight is 233 g/mol. The summed E-state index contributed by atoms with van der Waals surface area (Å²) in [5.74, 6) is 0.919. The van der Waals surface area contributed by atoms with Crippen LogP contribution in [0.25, 0.3) is 0 Å². The number of carbonyl (C=O) groups excluding carboxylic acids is 1. The van der Waals surface area contributed by atoms with E-state index in [4.69, 9.17) is 5.73 Å².